The van der Waals surface area contributed by atoms with E-state index in [4.69, 9.17) is 4.74 Å². The molecule has 0 aromatic carbocycles. The van der Waals surface area contributed by atoms with Crippen LogP contribution in [0.5, 0.6) is 0 Å². The highest BCUT2D eigenvalue weighted by Gasteiger charge is 2.18. The zero-order valence-electron chi connectivity index (χ0n) is 8.11. The van der Waals surface area contributed by atoms with Gasteiger partial charge in [0.2, 0.25) is 0 Å². The molecule has 0 saturated heterocycles. The molecule has 0 bridgehead atoms. The van der Waals surface area contributed by atoms with Gasteiger partial charge in [-0.15, -0.1) is 0 Å². The second-order valence-electron chi connectivity index (χ2n) is 2.78. The van der Waals surface area contributed by atoms with Crippen LogP contribution in [-0.2, 0) is 20.6 Å². The van der Waals surface area contributed by atoms with Crippen LogP contribution >= 0.6 is 0 Å². The summed E-state index contributed by atoms with van der Waals surface area (Å²) in [6, 6.07) is 0. The third-order valence-corrected chi connectivity index (χ3v) is 2.58. The van der Waals surface area contributed by atoms with Crippen molar-refractivity contribution in [2.45, 2.75) is 45.0 Å². The first kappa shape index (κ1) is 12.6. The van der Waals surface area contributed by atoms with E-state index in [1.807, 2.05) is 13.8 Å². The zero-order chi connectivity index (χ0) is 10.4. The van der Waals surface area contributed by atoms with Crippen LogP contribution in [0.4, 0.5) is 0 Å². The Morgan fingerprint density at radius 3 is 2.23 bits per heavy atom. The molecule has 0 aromatic rings. The van der Waals surface area contributed by atoms with Gasteiger partial charge in [-0.05, 0) is 30.8 Å². The van der Waals surface area contributed by atoms with E-state index in [-0.39, 0.29) is 6.10 Å². The van der Waals surface area contributed by atoms with Crippen LogP contribution in [-0.4, -0.2) is 26.1 Å². The van der Waals surface area contributed by atoms with Crippen LogP contribution in [0.2, 0.25) is 0 Å². The highest BCUT2D eigenvalue weighted by atomic mass is 32.2. The SMILES string of the molecule is CCC(CC)OC(=O)C(C)S(=O)[O-]. The van der Waals surface area contributed by atoms with Gasteiger partial charge in [-0.1, -0.05) is 13.8 Å². The Kier molecular flexibility index (Phi) is 5.90. The number of rotatable bonds is 5. The predicted molar refractivity (Wildman–Crippen MR) is 48.8 cm³/mol. The van der Waals surface area contributed by atoms with Crippen LogP contribution < -0.4 is 0 Å². The third kappa shape index (κ3) is 4.38. The summed E-state index contributed by atoms with van der Waals surface area (Å²) in [6.07, 6.45) is 1.25. The van der Waals surface area contributed by atoms with E-state index >= 15 is 0 Å². The second kappa shape index (κ2) is 6.10. The molecule has 0 radical (unpaired) electrons. The highest BCUT2D eigenvalue weighted by Crippen LogP contribution is 2.06. The molecular weight excluding hydrogens is 192 g/mol. The minimum absolute atomic E-state index is 0.168. The number of hydrogen-bond acceptors (Lipinski definition) is 4. The van der Waals surface area contributed by atoms with Crippen molar-refractivity contribution in [1.29, 1.82) is 0 Å². The highest BCUT2D eigenvalue weighted by molar-refractivity contribution is 7.80. The Balaban J connectivity index is 4.05. The van der Waals surface area contributed by atoms with Crippen molar-refractivity contribution in [3.05, 3.63) is 0 Å². The molecule has 0 heterocycles. The number of carbonyl (C=O) groups excluding carboxylic acids is 1. The van der Waals surface area contributed by atoms with Gasteiger partial charge in [0, 0.05) is 0 Å². The molecule has 0 aromatic heterocycles. The monoisotopic (exact) mass is 207 g/mol. The fourth-order valence-electron chi connectivity index (χ4n) is 0.794. The molecule has 0 N–H and O–H groups in total. The average molecular weight is 207 g/mol. The lowest BCUT2D eigenvalue weighted by Gasteiger charge is -2.18. The molecule has 0 aliphatic carbocycles. The van der Waals surface area contributed by atoms with E-state index in [1.54, 1.807) is 0 Å². The number of esters is 1. The van der Waals surface area contributed by atoms with E-state index in [0.717, 1.165) is 0 Å². The molecule has 78 valence electrons. The first-order valence-electron chi connectivity index (χ1n) is 4.31. The van der Waals surface area contributed by atoms with Crippen molar-refractivity contribution in [1.82, 2.24) is 0 Å². The van der Waals surface area contributed by atoms with Crippen molar-refractivity contribution in [2.75, 3.05) is 0 Å². The summed E-state index contributed by atoms with van der Waals surface area (Å²) in [7, 11) is 0. The summed E-state index contributed by atoms with van der Waals surface area (Å²) < 4.78 is 25.7. The third-order valence-electron chi connectivity index (χ3n) is 1.81. The maximum absolute atomic E-state index is 11.1. The lowest BCUT2D eigenvalue weighted by Crippen LogP contribution is -2.28. The molecule has 0 spiro atoms. The Labute approximate surface area is 80.9 Å². The number of carbonyl (C=O) groups is 1. The molecule has 0 aliphatic heterocycles. The van der Waals surface area contributed by atoms with Crippen molar-refractivity contribution in [2.24, 2.45) is 0 Å². The predicted octanol–water partition coefficient (Wildman–Crippen LogP) is 0.986. The minimum atomic E-state index is -2.39. The Morgan fingerprint density at radius 2 is 1.92 bits per heavy atom. The number of hydrogen-bond donors (Lipinski definition) is 0. The van der Waals surface area contributed by atoms with E-state index in [2.05, 4.69) is 0 Å². The summed E-state index contributed by atoms with van der Waals surface area (Å²) in [5.74, 6) is -0.665. The first-order chi connectivity index (χ1) is 6.02. The summed E-state index contributed by atoms with van der Waals surface area (Å²) >= 11 is -2.39. The van der Waals surface area contributed by atoms with Gasteiger partial charge in [-0.3, -0.25) is 9.00 Å². The molecule has 0 aliphatic rings. The van der Waals surface area contributed by atoms with Gasteiger partial charge < -0.3 is 9.29 Å². The quantitative estimate of drug-likeness (QED) is 0.498. The topological polar surface area (TPSA) is 66.4 Å². The lowest BCUT2D eigenvalue weighted by molar-refractivity contribution is -0.148. The fraction of sp³-hybridized carbons (Fsp3) is 0.875. The van der Waals surface area contributed by atoms with Crippen LogP contribution in [0.1, 0.15) is 33.6 Å². The standard InChI is InChI=1S/C8H16O4S/c1-4-7(5-2)12-8(9)6(3)13(10)11/h6-7H,4-5H2,1-3H3,(H,10,11)/p-1. The smallest absolute Gasteiger partial charge is 0.320 e. The molecular formula is C8H15O4S-. The molecule has 0 saturated carbocycles. The Bertz CT molecular complexity index is 189. The summed E-state index contributed by atoms with van der Waals surface area (Å²) in [5.41, 5.74) is 0. The molecule has 13 heavy (non-hydrogen) atoms. The molecule has 0 amide bonds. The fourth-order valence-corrected chi connectivity index (χ4v) is 1.01. The maximum atomic E-state index is 11.1. The van der Waals surface area contributed by atoms with Gasteiger partial charge >= 0.3 is 5.97 Å². The normalized spacial score (nSPS) is 15.5. The summed E-state index contributed by atoms with van der Waals surface area (Å²) in [5, 5.41) is -1.07. The zero-order valence-corrected chi connectivity index (χ0v) is 8.93. The molecule has 2 unspecified atom stereocenters. The van der Waals surface area contributed by atoms with E-state index in [0.29, 0.717) is 12.8 Å². The molecule has 2 atom stereocenters. The largest absolute Gasteiger partial charge is 0.772 e. The van der Waals surface area contributed by atoms with E-state index < -0.39 is 22.3 Å². The van der Waals surface area contributed by atoms with Gasteiger partial charge in [-0.25, -0.2) is 0 Å². The van der Waals surface area contributed by atoms with Crippen LogP contribution in [0, 0.1) is 0 Å². The van der Waals surface area contributed by atoms with E-state index in [1.165, 1.54) is 6.92 Å². The van der Waals surface area contributed by atoms with Crippen molar-refractivity contribution < 1.29 is 18.3 Å². The second-order valence-corrected chi connectivity index (χ2v) is 4.01. The van der Waals surface area contributed by atoms with Crippen LogP contribution in [0.15, 0.2) is 0 Å². The van der Waals surface area contributed by atoms with Crippen LogP contribution in [0.3, 0.4) is 0 Å². The summed E-state index contributed by atoms with van der Waals surface area (Å²) in [4.78, 5) is 11.1. The van der Waals surface area contributed by atoms with Crippen molar-refractivity contribution in [3.63, 3.8) is 0 Å². The minimum Gasteiger partial charge on any atom is -0.772 e. The molecule has 0 fully saturated rings. The lowest BCUT2D eigenvalue weighted by atomic mass is 10.2. The average Bonchev–Trinajstić information content (AvgIpc) is 2.12. The van der Waals surface area contributed by atoms with Gasteiger partial charge in [0.05, 0.1) is 0 Å². The van der Waals surface area contributed by atoms with Gasteiger partial charge in [0.1, 0.15) is 11.4 Å². The van der Waals surface area contributed by atoms with Crippen LogP contribution in [0.25, 0.3) is 0 Å². The van der Waals surface area contributed by atoms with Gasteiger partial charge in [0.25, 0.3) is 0 Å². The summed E-state index contributed by atoms with van der Waals surface area (Å²) in [6.45, 7) is 5.09. The molecule has 0 rings (SSSR count). The number of ether oxygens (including phenoxy) is 1. The van der Waals surface area contributed by atoms with Gasteiger partial charge in [-0.2, -0.15) is 0 Å². The molecule has 4 nitrogen and oxygen atoms in total. The van der Waals surface area contributed by atoms with Gasteiger partial charge in [0.15, 0.2) is 0 Å². The maximum Gasteiger partial charge on any atom is 0.320 e. The van der Waals surface area contributed by atoms with Crippen molar-refractivity contribution >= 4 is 17.0 Å². The first-order valence-corrected chi connectivity index (χ1v) is 5.45. The van der Waals surface area contributed by atoms with Crippen molar-refractivity contribution in [3.8, 4) is 0 Å². The van der Waals surface area contributed by atoms with E-state index in [9.17, 15) is 13.6 Å². The molecule has 5 heteroatoms. The Morgan fingerprint density at radius 1 is 1.46 bits per heavy atom. The Hall–Kier alpha value is -0.420.